The highest BCUT2D eigenvalue weighted by atomic mass is 32.1. The van der Waals surface area contributed by atoms with Crippen molar-refractivity contribution in [2.24, 2.45) is 4.99 Å². The molecule has 0 amide bonds. The highest BCUT2D eigenvalue weighted by Gasteiger charge is 2.03. The minimum atomic E-state index is 0.677. The molecule has 0 radical (unpaired) electrons. The summed E-state index contributed by atoms with van der Waals surface area (Å²) in [6, 6.07) is 8.80. The Labute approximate surface area is 167 Å². The summed E-state index contributed by atoms with van der Waals surface area (Å²) < 4.78 is 0. The average molecular weight is 388 g/mol. The van der Waals surface area contributed by atoms with E-state index < -0.39 is 0 Å². The summed E-state index contributed by atoms with van der Waals surface area (Å²) in [7, 11) is 0. The smallest absolute Gasteiger partial charge is 0.191 e. The molecule has 6 heteroatoms. The van der Waals surface area contributed by atoms with Crippen molar-refractivity contribution >= 4 is 17.3 Å². The molecule has 0 atom stereocenters. The SMILES string of the molecule is CCNC(=NCc1ccc(CN(CC)CC)cc1)NCCc1csc(C)n1. The maximum atomic E-state index is 4.71. The van der Waals surface area contributed by atoms with Crippen LogP contribution in [0.3, 0.4) is 0 Å². The number of aromatic nitrogens is 1. The van der Waals surface area contributed by atoms with E-state index in [1.807, 2.05) is 6.92 Å². The van der Waals surface area contributed by atoms with Crippen molar-refractivity contribution in [2.45, 2.75) is 47.2 Å². The van der Waals surface area contributed by atoms with E-state index in [1.54, 1.807) is 11.3 Å². The van der Waals surface area contributed by atoms with Gasteiger partial charge in [0.1, 0.15) is 0 Å². The van der Waals surface area contributed by atoms with Crippen LogP contribution in [-0.2, 0) is 19.5 Å². The summed E-state index contributed by atoms with van der Waals surface area (Å²) in [4.78, 5) is 11.6. The summed E-state index contributed by atoms with van der Waals surface area (Å²) in [5, 5.41) is 9.96. The lowest BCUT2D eigenvalue weighted by Gasteiger charge is -2.18. The highest BCUT2D eigenvalue weighted by molar-refractivity contribution is 7.09. The topological polar surface area (TPSA) is 52.6 Å². The molecule has 1 aromatic heterocycles. The van der Waals surface area contributed by atoms with Gasteiger partial charge in [-0.3, -0.25) is 4.90 Å². The Kier molecular flexibility index (Phi) is 9.28. The summed E-state index contributed by atoms with van der Waals surface area (Å²) in [6.45, 7) is 14.1. The first-order valence-electron chi connectivity index (χ1n) is 9.87. The van der Waals surface area contributed by atoms with Crippen molar-refractivity contribution < 1.29 is 0 Å². The number of rotatable bonds is 10. The first-order valence-corrected chi connectivity index (χ1v) is 10.8. The van der Waals surface area contributed by atoms with Gasteiger partial charge in [-0.15, -0.1) is 11.3 Å². The van der Waals surface area contributed by atoms with E-state index >= 15 is 0 Å². The molecule has 2 N–H and O–H groups in total. The molecule has 0 aliphatic heterocycles. The predicted molar refractivity (Wildman–Crippen MR) is 116 cm³/mol. The fraction of sp³-hybridized carbons (Fsp3) is 0.524. The van der Waals surface area contributed by atoms with Gasteiger partial charge in [-0.05, 0) is 38.1 Å². The second-order valence-corrected chi connectivity index (χ2v) is 7.57. The zero-order valence-corrected chi connectivity index (χ0v) is 17.9. The van der Waals surface area contributed by atoms with Crippen LogP contribution in [0.1, 0.15) is 42.6 Å². The molecule has 5 nitrogen and oxygen atoms in total. The fourth-order valence-electron chi connectivity index (χ4n) is 2.80. The first kappa shape index (κ1) is 21.4. The minimum Gasteiger partial charge on any atom is -0.357 e. The third-order valence-electron chi connectivity index (χ3n) is 4.43. The molecule has 148 valence electrons. The predicted octanol–water partition coefficient (Wildman–Crippen LogP) is 3.59. The van der Waals surface area contributed by atoms with Crippen LogP contribution in [0.5, 0.6) is 0 Å². The van der Waals surface area contributed by atoms with Crippen molar-refractivity contribution in [2.75, 3.05) is 26.2 Å². The number of hydrogen-bond acceptors (Lipinski definition) is 4. The number of aliphatic imine (C=N–C) groups is 1. The van der Waals surface area contributed by atoms with Crippen molar-refractivity contribution in [3.63, 3.8) is 0 Å². The summed E-state index contributed by atoms with van der Waals surface area (Å²) in [5.74, 6) is 0.858. The van der Waals surface area contributed by atoms with Gasteiger partial charge in [0.25, 0.3) is 0 Å². The molecular weight excluding hydrogens is 354 g/mol. The second-order valence-electron chi connectivity index (χ2n) is 6.51. The Balaban J connectivity index is 1.85. The van der Waals surface area contributed by atoms with E-state index in [4.69, 9.17) is 4.99 Å². The quantitative estimate of drug-likeness (QED) is 0.483. The number of nitrogens with zero attached hydrogens (tertiary/aromatic N) is 3. The number of thiazole rings is 1. The Morgan fingerprint density at radius 3 is 2.37 bits per heavy atom. The van der Waals surface area contributed by atoms with E-state index in [1.165, 1.54) is 11.1 Å². The molecule has 1 heterocycles. The van der Waals surface area contributed by atoms with Gasteiger partial charge in [-0.1, -0.05) is 38.1 Å². The number of aryl methyl sites for hydroxylation is 1. The molecule has 0 aliphatic carbocycles. The van der Waals surface area contributed by atoms with Crippen LogP contribution in [0.2, 0.25) is 0 Å². The third-order valence-corrected chi connectivity index (χ3v) is 5.25. The molecule has 0 saturated heterocycles. The molecule has 0 fully saturated rings. The van der Waals surface area contributed by atoms with Gasteiger partial charge >= 0.3 is 0 Å². The Morgan fingerprint density at radius 2 is 1.78 bits per heavy atom. The van der Waals surface area contributed by atoms with E-state index in [-0.39, 0.29) is 0 Å². The van der Waals surface area contributed by atoms with Crippen LogP contribution in [0.4, 0.5) is 0 Å². The van der Waals surface area contributed by atoms with Gasteiger partial charge < -0.3 is 10.6 Å². The van der Waals surface area contributed by atoms with Crippen LogP contribution in [-0.4, -0.2) is 42.0 Å². The van der Waals surface area contributed by atoms with Crippen molar-refractivity contribution in [3.8, 4) is 0 Å². The Bertz CT molecular complexity index is 689. The lowest BCUT2D eigenvalue weighted by Crippen LogP contribution is -2.38. The normalized spacial score (nSPS) is 11.8. The van der Waals surface area contributed by atoms with Crippen LogP contribution in [0.25, 0.3) is 0 Å². The van der Waals surface area contributed by atoms with Crippen LogP contribution < -0.4 is 10.6 Å². The van der Waals surface area contributed by atoms with Crippen LogP contribution >= 0.6 is 11.3 Å². The maximum absolute atomic E-state index is 4.71. The standard InChI is InChI=1S/C21H33N5S/c1-5-22-21(23-13-12-20-16-27-17(4)25-20)24-14-18-8-10-19(11-9-18)15-26(6-2)7-3/h8-11,16H,5-7,12-15H2,1-4H3,(H2,22,23,24). The zero-order chi connectivity index (χ0) is 19.5. The molecule has 27 heavy (non-hydrogen) atoms. The molecule has 0 spiro atoms. The Hall–Kier alpha value is -1.92. The zero-order valence-electron chi connectivity index (χ0n) is 17.1. The molecule has 1 aromatic carbocycles. The van der Waals surface area contributed by atoms with Gasteiger partial charge in [-0.2, -0.15) is 0 Å². The maximum Gasteiger partial charge on any atom is 0.191 e. The number of nitrogens with one attached hydrogen (secondary N) is 2. The Morgan fingerprint density at radius 1 is 1.07 bits per heavy atom. The van der Waals surface area contributed by atoms with Gasteiger partial charge in [-0.25, -0.2) is 9.98 Å². The molecule has 2 aromatic rings. The average Bonchev–Trinajstić information content (AvgIpc) is 3.10. The van der Waals surface area contributed by atoms with Crippen LogP contribution in [0, 0.1) is 6.92 Å². The van der Waals surface area contributed by atoms with E-state index in [0.29, 0.717) is 6.54 Å². The second kappa shape index (κ2) is 11.7. The lowest BCUT2D eigenvalue weighted by atomic mass is 10.1. The highest BCUT2D eigenvalue weighted by Crippen LogP contribution is 2.09. The number of guanidine groups is 1. The number of hydrogen-bond donors (Lipinski definition) is 2. The molecular formula is C21H33N5S. The molecule has 2 rings (SSSR count). The van der Waals surface area contributed by atoms with Gasteiger partial charge in [0.15, 0.2) is 5.96 Å². The number of benzene rings is 1. The summed E-state index contributed by atoms with van der Waals surface area (Å²) in [5.41, 5.74) is 3.73. The van der Waals surface area contributed by atoms with Crippen LogP contribution in [0.15, 0.2) is 34.6 Å². The minimum absolute atomic E-state index is 0.677. The van der Waals surface area contributed by atoms with E-state index in [9.17, 15) is 0 Å². The summed E-state index contributed by atoms with van der Waals surface area (Å²) in [6.07, 6.45) is 0.912. The molecule has 0 aliphatic rings. The largest absolute Gasteiger partial charge is 0.357 e. The van der Waals surface area contributed by atoms with Crippen molar-refractivity contribution in [1.29, 1.82) is 0 Å². The third kappa shape index (κ3) is 7.69. The fourth-order valence-corrected chi connectivity index (χ4v) is 3.45. The summed E-state index contributed by atoms with van der Waals surface area (Å²) >= 11 is 1.70. The first-order chi connectivity index (χ1) is 13.1. The molecule has 0 unspecified atom stereocenters. The van der Waals surface area contributed by atoms with Gasteiger partial charge in [0, 0.05) is 31.4 Å². The van der Waals surface area contributed by atoms with Crippen molar-refractivity contribution in [3.05, 3.63) is 51.5 Å². The van der Waals surface area contributed by atoms with E-state index in [2.05, 4.69) is 70.9 Å². The van der Waals surface area contributed by atoms with E-state index in [0.717, 1.165) is 55.8 Å². The van der Waals surface area contributed by atoms with Gasteiger partial charge in [0.2, 0.25) is 0 Å². The monoisotopic (exact) mass is 387 g/mol. The molecule has 0 saturated carbocycles. The van der Waals surface area contributed by atoms with Gasteiger partial charge in [0.05, 0.1) is 17.2 Å². The van der Waals surface area contributed by atoms with Crippen molar-refractivity contribution in [1.82, 2.24) is 20.5 Å². The molecule has 0 bridgehead atoms. The lowest BCUT2D eigenvalue weighted by molar-refractivity contribution is 0.296.